The number of allylic oxidation sites excluding steroid dienone is 10. The molecule has 2 aliphatic carbocycles. The fourth-order valence-corrected chi connectivity index (χ4v) is 3.83. The molecule has 4 heteroatoms. The number of benzene rings is 1. The standard InChI is InChI=1S/C17H14OS.C7H8O.Fe/c1-12(18)16-11-15(13-7-3-2-4-8-13)17(19-16)14-9-5-6-10-14;1-6(8)7-4-2-3-5-7;/h2-11,18H,1H3;2-5,8H,1H3;/q;;+2/p-2. The Hall–Kier alpha value is -2.52. The third kappa shape index (κ3) is 5.26. The molecule has 2 nitrogen and oxygen atoms in total. The van der Waals surface area contributed by atoms with Crippen molar-refractivity contribution in [2.45, 2.75) is 13.8 Å². The Morgan fingerprint density at radius 3 is 1.86 bits per heavy atom. The largest absolute Gasteiger partial charge is 2.00 e. The predicted molar refractivity (Wildman–Crippen MR) is 111 cm³/mol. The van der Waals surface area contributed by atoms with Gasteiger partial charge in [0.15, 0.2) is 0 Å². The summed E-state index contributed by atoms with van der Waals surface area (Å²) in [5.41, 5.74) is 4.27. The van der Waals surface area contributed by atoms with Crippen LogP contribution in [0.25, 0.3) is 22.5 Å². The van der Waals surface area contributed by atoms with E-state index in [4.69, 9.17) is 0 Å². The number of hydrogen-bond donors (Lipinski definition) is 0. The molecule has 2 aromatic rings. The van der Waals surface area contributed by atoms with Crippen molar-refractivity contribution in [2.24, 2.45) is 0 Å². The van der Waals surface area contributed by atoms with Gasteiger partial charge in [0.2, 0.25) is 0 Å². The third-order valence-corrected chi connectivity index (χ3v) is 5.44. The maximum atomic E-state index is 11.6. The summed E-state index contributed by atoms with van der Waals surface area (Å²) in [6.45, 7) is 3.19. The zero-order valence-corrected chi connectivity index (χ0v) is 17.6. The van der Waals surface area contributed by atoms with E-state index >= 15 is 0 Å². The van der Waals surface area contributed by atoms with Crippen LogP contribution >= 0.6 is 11.3 Å². The summed E-state index contributed by atoms with van der Waals surface area (Å²) in [6, 6.07) is 12.2. The van der Waals surface area contributed by atoms with Crippen LogP contribution in [0.15, 0.2) is 96.3 Å². The van der Waals surface area contributed by atoms with Gasteiger partial charge < -0.3 is 10.2 Å². The first kappa shape index (κ1) is 21.8. The molecular weight excluding hydrogens is 408 g/mol. The molecule has 0 fully saturated rings. The van der Waals surface area contributed by atoms with Crippen LogP contribution < -0.4 is 19.3 Å². The molecule has 0 aliphatic heterocycles. The minimum absolute atomic E-state index is 0. The third-order valence-electron chi connectivity index (χ3n) is 4.16. The Bertz CT molecular complexity index is 1060. The van der Waals surface area contributed by atoms with Crippen molar-refractivity contribution >= 4 is 22.7 Å². The van der Waals surface area contributed by atoms with Gasteiger partial charge in [-0.25, -0.2) is 0 Å². The zero-order chi connectivity index (χ0) is 19.2. The average Bonchev–Trinajstić information content (AvgIpc) is 3.43. The Morgan fingerprint density at radius 2 is 1.36 bits per heavy atom. The fourth-order valence-electron chi connectivity index (χ4n) is 2.75. The fraction of sp³-hybridized carbons (Fsp3) is 0.0833. The van der Waals surface area contributed by atoms with Gasteiger partial charge in [-0.2, -0.15) is 0 Å². The monoisotopic (exact) mass is 428 g/mol. The summed E-state index contributed by atoms with van der Waals surface area (Å²) >= 11 is 1.57. The van der Waals surface area contributed by atoms with Gasteiger partial charge in [0.25, 0.3) is 0 Å². The maximum Gasteiger partial charge on any atom is 2.00 e. The Balaban J connectivity index is 0.000000264. The van der Waals surface area contributed by atoms with E-state index < -0.39 is 0 Å². The topological polar surface area (TPSA) is 46.1 Å². The molecule has 1 aromatic carbocycles. The van der Waals surface area contributed by atoms with Crippen LogP contribution in [0.5, 0.6) is 0 Å². The summed E-state index contributed by atoms with van der Waals surface area (Å²) in [6.07, 6.45) is 15.6. The predicted octanol–water partition coefficient (Wildman–Crippen LogP) is 2.92. The Kier molecular flexibility index (Phi) is 7.89. The molecule has 0 amide bonds. The summed E-state index contributed by atoms with van der Waals surface area (Å²) in [4.78, 5) is 0. The zero-order valence-electron chi connectivity index (χ0n) is 15.7. The first-order valence-electron chi connectivity index (χ1n) is 8.71. The van der Waals surface area contributed by atoms with E-state index in [9.17, 15) is 10.2 Å². The van der Waals surface area contributed by atoms with Gasteiger partial charge in [0.05, 0.1) is 0 Å². The second kappa shape index (κ2) is 10.1. The molecule has 1 aromatic heterocycles. The van der Waals surface area contributed by atoms with E-state index in [0.29, 0.717) is 0 Å². The molecule has 0 atom stereocenters. The Labute approximate surface area is 180 Å². The molecule has 0 N–H and O–H groups in total. The van der Waals surface area contributed by atoms with E-state index in [-0.39, 0.29) is 28.6 Å². The minimum Gasteiger partial charge on any atom is -0.875 e. The van der Waals surface area contributed by atoms with E-state index in [1.54, 1.807) is 25.2 Å². The van der Waals surface area contributed by atoms with Gasteiger partial charge in [0, 0.05) is 14.6 Å². The van der Waals surface area contributed by atoms with Crippen molar-refractivity contribution in [2.75, 3.05) is 0 Å². The van der Waals surface area contributed by atoms with Gasteiger partial charge in [0.1, 0.15) is 0 Å². The average molecular weight is 428 g/mol. The van der Waals surface area contributed by atoms with Crippen LogP contribution in [-0.4, -0.2) is 0 Å². The first-order chi connectivity index (χ1) is 13.1. The van der Waals surface area contributed by atoms with Crippen molar-refractivity contribution in [1.82, 2.24) is 0 Å². The molecule has 0 saturated carbocycles. The van der Waals surface area contributed by atoms with Crippen LogP contribution in [0.3, 0.4) is 0 Å². The Morgan fingerprint density at radius 1 is 0.786 bits per heavy atom. The first-order valence-corrected chi connectivity index (χ1v) is 9.53. The van der Waals surface area contributed by atoms with Crippen molar-refractivity contribution in [1.29, 1.82) is 0 Å². The van der Waals surface area contributed by atoms with Crippen LogP contribution in [-0.2, 0) is 17.1 Å². The van der Waals surface area contributed by atoms with Crippen molar-refractivity contribution in [3.63, 3.8) is 0 Å². The van der Waals surface area contributed by atoms with Gasteiger partial charge in [-0.1, -0.05) is 92.8 Å². The SMILES string of the molecule is CC([O-])=C1C=CC=C1.CC([O-])=c1cc(-c2ccccc2)c(=C2C=CC=C2)s1.[Fe+2]. The molecule has 0 spiro atoms. The second-order valence-electron chi connectivity index (χ2n) is 6.18. The van der Waals surface area contributed by atoms with E-state index in [0.717, 1.165) is 21.2 Å². The molecule has 1 heterocycles. The normalized spacial score (nSPS) is 14.6. The molecule has 0 radical (unpaired) electrons. The van der Waals surface area contributed by atoms with Gasteiger partial charge in [-0.15, -0.1) is 22.9 Å². The molecule has 4 rings (SSSR count). The molecule has 0 bridgehead atoms. The summed E-state index contributed by atoms with van der Waals surface area (Å²) < 4.78 is 1.98. The van der Waals surface area contributed by atoms with E-state index in [2.05, 4.69) is 24.3 Å². The van der Waals surface area contributed by atoms with Crippen LogP contribution in [0, 0.1) is 0 Å². The van der Waals surface area contributed by atoms with Gasteiger partial charge >= 0.3 is 17.1 Å². The van der Waals surface area contributed by atoms with Crippen LogP contribution in [0.1, 0.15) is 13.8 Å². The minimum atomic E-state index is 0. The van der Waals surface area contributed by atoms with Gasteiger partial charge in [-0.05, 0) is 22.8 Å². The summed E-state index contributed by atoms with van der Waals surface area (Å²) in [5.74, 6) is 0.259. The van der Waals surface area contributed by atoms with Crippen LogP contribution in [0.4, 0.5) is 0 Å². The van der Waals surface area contributed by atoms with Crippen molar-refractivity contribution in [3.8, 4) is 11.1 Å². The molecular formula is C24H20FeO2S. The molecule has 28 heavy (non-hydrogen) atoms. The summed E-state index contributed by atoms with van der Waals surface area (Å²) in [7, 11) is 0. The maximum absolute atomic E-state index is 11.6. The summed E-state index contributed by atoms with van der Waals surface area (Å²) in [5, 5.41) is 22.1. The number of thiophene rings is 1. The smallest absolute Gasteiger partial charge is 0.875 e. The molecule has 2 aliphatic rings. The quantitative estimate of drug-likeness (QED) is 0.518. The van der Waals surface area contributed by atoms with Crippen molar-refractivity contribution < 1.29 is 27.3 Å². The number of hydrogen-bond acceptors (Lipinski definition) is 3. The van der Waals surface area contributed by atoms with E-state index in [1.165, 1.54) is 10.1 Å². The molecule has 0 unspecified atom stereocenters. The second-order valence-corrected chi connectivity index (χ2v) is 7.23. The van der Waals surface area contributed by atoms with Crippen LogP contribution in [0.2, 0.25) is 0 Å². The number of rotatable bonds is 1. The molecule has 142 valence electrons. The molecule has 0 saturated heterocycles. The van der Waals surface area contributed by atoms with Crippen molar-refractivity contribution in [3.05, 3.63) is 105 Å². The van der Waals surface area contributed by atoms with E-state index in [1.807, 2.05) is 60.7 Å². The van der Waals surface area contributed by atoms with Gasteiger partial charge in [-0.3, -0.25) is 0 Å².